The molecule has 3 aliphatic carbocycles. The van der Waals surface area contributed by atoms with E-state index in [1.807, 2.05) is 0 Å². The van der Waals surface area contributed by atoms with Crippen LogP contribution in [0, 0.1) is 0 Å². The molecule has 1 nitrogen and oxygen atoms in total. The number of nitrogens with zero attached hydrogens (tertiary/aromatic N) is 1. The Balaban J connectivity index is 1.02. The number of fused-ring (bicyclic) bond motifs is 3. The SMILES string of the molecule is CC1(C)c2ccccc2-c2c(N(c3ccc(-c4ccc(C5CCCCC5)cc4)cc3)c3ccc(-c4ccccc4-c4ccc(C5CCCCC5)cc4)cc3)cccc21. The summed E-state index contributed by atoms with van der Waals surface area (Å²) in [6.07, 6.45) is 13.5. The fourth-order valence-corrected chi connectivity index (χ4v) is 10.7. The van der Waals surface area contributed by atoms with Gasteiger partial charge in [-0.1, -0.05) is 186 Å². The van der Waals surface area contributed by atoms with Crippen LogP contribution in [0.2, 0.25) is 0 Å². The average Bonchev–Trinajstić information content (AvgIpc) is 3.54. The third kappa shape index (κ3) is 6.79. The molecule has 3 aliphatic rings. The standard InChI is InChI=1S/C57H55N/c1-57(2)53-21-12-11-20-52(53)56-54(57)22-13-23-55(56)58(48-36-32-45(33-37-48)44-26-24-42(25-27-44)40-14-5-3-6-15-40)49-38-34-47(35-39-49)51-19-10-9-18-50(51)46-30-28-43(29-31-46)41-16-7-4-8-17-41/h9-13,18-41H,3-8,14-17H2,1-2H3. The summed E-state index contributed by atoms with van der Waals surface area (Å²) in [5, 5.41) is 0. The first-order valence-corrected chi connectivity index (χ1v) is 22.1. The van der Waals surface area contributed by atoms with E-state index in [1.165, 1.54) is 137 Å². The van der Waals surface area contributed by atoms with Gasteiger partial charge in [0.2, 0.25) is 0 Å². The van der Waals surface area contributed by atoms with Crippen molar-refractivity contribution in [2.24, 2.45) is 0 Å². The van der Waals surface area contributed by atoms with Gasteiger partial charge in [-0.05, 0) is 129 Å². The molecule has 0 atom stereocenters. The maximum absolute atomic E-state index is 2.48. The quantitative estimate of drug-likeness (QED) is 0.149. The van der Waals surface area contributed by atoms with Crippen molar-refractivity contribution >= 4 is 17.1 Å². The van der Waals surface area contributed by atoms with E-state index in [0.29, 0.717) is 5.92 Å². The van der Waals surface area contributed by atoms with Crippen LogP contribution in [0.15, 0.2) is 164 Å². The van der Waals surface area contributed by atoms with Crippen LogP contribution in [0.25, 0.3) is 44.5 Å². The molecule has 10 rings (SSSR count). The third-order valence-corrected chi connectivity index (χ3v) is 13.9. The molecule has 0 bridgehead atoms. The lowest BCUT2D eigenvalue weighted by Crippen LogP contribution is -2.16. The number of anilines is 3. The second-order valence-corrected chi connectivity index (χ2v) is 17.8. The number of hydrogen-bond acceptors (Lipinski definition) is 1. The highest BCUT2D eigenvalue weighted by Crippen LogP contribution is 2.54. The molecule has 0 spiro atoms. The summed E-state index contributed by atoms with van der Waals surface area (Å²) in [5.41, 5.74) is 19.5. The lowest BCUT2D eigenvalue weighted by atomic mass is 9.82. The van der Waals surface area contributed by atoms with Gasteiger partial charge in [0, 0.05) is 22.4 Å². The van der Waals surface area contributed by atoms with E-state index in [9.17, 15) is 0 Å². The molecular formula is C57H55N. The maximum Gasteiger partial charge on any atom is 0.0543 e. The van der Waals surface area contributed by atoms with Crippen molar-refractivity contribution in [1.29, 1.82) is 0 Å². The lowest BCUT2D eigenvalue weighted by molar-refractivity contribution is 0.443. The van der Waals surface area contributed by atoms with Crippen molar-refractivity contribution in [1.82, 2.24) is 0 Å². The maximum atomic E-state index is 2.48. The highest BCUT2D eigenvalue weighted by Gasteiger charge is 2.37. The van der Waals surface area contributed by atoms with E-state index >= 15 is 0 Å². The minimum atomic E-state index is -0.0799. The summed E-state index contributed by atoms with van der Waals surface area (Å²) in [6, 6.07) is 62.2. The zero-order valence-corrected chi connectivity index (χ0v) is 34.3. The highest BCUT2D eigenvalue weighted by molar-refractivity contribution is 5.95. The van der Waals surface area contributed by atoms with Crippen LogP contribution in [0.1, 0.15) is 112 Å². The smallest absolute Gasteiger partial charge is 0.0543 e. The van der Waals surface area contributed by atoms with Crippen molar-refractivity contribution in [2.45, 2.75) is 95.3 Å². The van der Waals surface area contributed by atoms with Crippen molar-refractivity contribution in [3.8, 4) is 44.5 Å². The second kappa shape index (κ2) is 15.6. The normalized spacial score (nSPS) is 16.4. The van der Waals surface area contributed by atoms with Crippen LogP contribution in [-0.4, -0.2) is 0 Å². The zero-order chi connectivity index (χ0) is 39.1. The Morgan fingerprint density at radius 3 is 1.31 bits per heavy atom. The van der Waals surface area contributed by atoms with Gasteiger partial charge in [0.05, 0.1) is 5.69 Å². The third-order valence-electron chi connectivity index (χ3n) is 13.9. The van der Waals surface area contributed by atoms with Crippen LogP contribution in [0.4, 0.5) is 17.1 Å². The molecule has 2 fully saturated rings. The first-order chi connectivity index (χ1) is 28.5. The van der Waals surface area contributed by atoms with Gasteiger partial charge in [0.15, 0.2) is 0 Å². The molecule has 0 saturated heterocycles. The van der Waals surface area contributed by atoms with Gasteiger partial charge in [-0.15, -0.1) is 0 Å². The molecule has 0 radical (unpaired) electrons. The molecule has 0 aromatic heterocycles. The molecule has 0 aliphatic heterocycles. The Morgan fingerprint density at radius 2 is 0.793 bits per heavy atom. The van der Waals surface area contributed by atoms with Crippen LogP contribution in [0.3, 0.4) is 0 Å². The topological polar surface area (TPSA) is 3.24 Å². The summed E-state index contributed by atoms with van der Waals surface area (Å²) in [4.78, 5) is 2.48. The van der Waals surface area contributed by atoms with Gasteiger partial charge in [-0.25, -0.2) is 0 Å². The van der Waals surface area contributed by atoms with Crippen LogP contribution >= 0.6 is 0 Å². The van der Waals surface area contributed by atoms with Crippen molar-refractivity contribution in [2.75, 3.05) is 4.90 Å². The summed E-state index contributed by atoms with van der Waals surface area (Å²) in [7, 11) is 0. The van der Waals surface area contributed by atoms with Gasteiger partial charge in [-0.3, -0.25) is 0 Å². The minimum Gasteiger partial charge on any atom is -0.310 e. The van der Waals surface area contributed by atoms with Crippen LogP contribution in [-0.2, 0) is 5.41 Å². The number of hydrogen-bond donors (Lipinski definition) is 0. The summed E-state index contributed by atoms with van der Waals surface area (Å²) < 4.78 is 0. The molecule has 288 valence electrons. The average molecular weight is 754 g/mol. The molecule has 0 unspecified atom stereocenters. The van der Waals surface area contributed by atoms with Gasteiger partial charge < -0.3 is 4.90 Å². The second-order valence-electron chi connectivity index (χ2n) is 17.8. The number of rotatable bonds is 8. The van der Waals surface area contributed by atoms with Gasteiger partial charge in [-0.2, -0.15) is 0 Å². The molecule has 7 aromatic rings. The van der Waals surface area contributed by atoms with E-state index in [4.69, 9.17) is 0 Å². The Morgan fingerprint density at radius 1 is 0.379 bits per heavy atom. The van der Waals surface area contributed by atoms with Crippen molar-refractivity contribution < 1.29 is 0 Å². The molecule has 7 aromatic carbocycles. The summed E-state index contributed by atoms with van der Waals surface area (Å²) >= 11 is 0. The molecule has 58 heavy (non-hydrogen) atoms. The molecule has 0 amide bonds. The first kappa shape index (κ1) is 36.7. The Kier molecular flexibility index (Phi) is 9.86. The van der Waals surface area contributed by atoms with Gasteiger partial charge in [0.1, 0.15) is 0 Å². The molecule has 0 heterocycles. The minimum absolute atomic E-state index is 0.0799. The fraction of sp³-hybridized carbons (Fsp3) is 0.263. The molecular weight excluding hydrogens is 699 g/mol. The van der Waals surface area contributed by atoms with Gasteiger partial charge in [0.25, 0.3) is 0 Å². The van der Waals surface area contributed by atoms with Crippen molar-refractivity contribution in [3.05, 3.63) is 186 Å². The molecule has 2 saturated carbocycles. The Hall–Kier alpha value is -5.66. The Bertz CT molecular complexity index is 2510. The van der Waals surface area contributed by atoms with E-state index in [2.05, 4.69) is 183 Å². The molecule has 0 N–H and O–H groups in total. The largest absolute Gasteiger partial charge is 0.310 e. The monoisotopic (exact) mass is 753 g/mol. The predicted molar refractivity (Wildman–Crippen MR) is 247 cm³/mol. The fourth-order valence-electron chi connectivity index (χ4n) is 10.7. The van der Waals surface area contributed by atoms with E-state index in [0.717, 1.165) is 17.3 Å². The van der Waals surface area contributed by atoms with Crippen LogP contribution < -0.4 is 4.90 Å². The highest BCUT2D eigenvalue weighted by atomic mass is 15.1. The lowest BCUT2D eigenvalue weighted by Gasteiger charge is -2.29. The van der Waals surface area contributed by atoms with E-state index in [1.54, 1.807) is 0 Å². The summed E-state index contributed by atoms with van der Waals surface area (Å²) in [5.74, 6) is 1.44. The van der Waals surface area contributed by atoms with Crippen LogP contribution in [0.5, 0.6) is 0 Å². The van der Waals surface area contributed by atoms with E-state index in [-0.39, 0.29) is 5.41 Å². The predicted octanol–water partition coefficient (Wildman–Crippen LogP) is 16.6. The zero-order valence-electron chi connectivity index (χ0n) is 34.3. The molecule has 1 heteroatoms. The number of benzene rings is 7. The Labute approximate surface area is 346 Å². The first-order valence-electron chi connectivity index (χ1n) is 22.1. The van der Waals surface area contributed by atoms with Crippen molar-refractivity contribution in [3.63, 3.8) is 0 Å². The van der Waals surface area contributed by atoms with Gasteiger partial charge >= 0.3 is 0 Å². The van der Waals surface area contributed by atoms with E-state index < -0.39 is 0 Å². The summed E-state index contributed by atoms with van der Waals surface area (Å²) in [6.45, 7) is 4.74.